The molecular formula is C13H17ClINO. The number of rotatable bonds is 4. The minimum atomic E-state index is 0.0311. The molecular weight excluding hydrogens is 349 g/mol. The second-order valence-corrected chi connectivity index (χ2v) is 5.90. The van der Waals surface area contributed by atoms with Crippen molar-refractivity contribution in [2.75, 3.05) is 13.6 Å². The molecule has 0 saturated heterocycles. The Labute approximate surface area is 121 Å². The lowest BCUT2D eigenvalue weighted by Crippen LogP contribution is -2.30. The van der Waals surface area contributed by atoms with Crippen LogP contribution >= 0.6 is 34.2 Å². The SMILES string of the molecule is CCC(C)CN(C)C(=O)c1ccc(I)c(Cl)c1. The zero-order valence-corrected chi connectivity index (χ0v) is 13.2. The second kappa shape index (κ2) is 6.59. The van der Waals surface area contributed by atoms with Gasteiger partial charge in [0.2, 0.25) is 0 Å². The average molecular weight is 366 g/mol. The summed E-state index contributed by atoms with van der Waals surface area (Å²) in [5.74, 6) is 0.548. The molecule has 2 nitrogen and oxygen atoms in total. The van der Waals surface area contributed by atoms with Crippen molar-refractivity contribution in [2.24, 2.45) is 5.92 Å². The topological polar surface area (TPSA) is 20.3 Å². The molecule has 0 N–H and O–H groups in total. The Morgan fingerprint density at radius 3 is 2.71 bits per heavy atom. The van der Waals surface area contributed by atoms with Gasteiger partial charge in [-0.1, -0.05) is 31.9 Å². The first-order valence-corrected chi connectivity index (χ1v) is 7.11. The minimum Gasteiger partial charge on any atom is -0.341 e. The summed E-state index contributed by atoms with van der Waals surface area (Å²) in [6, 6.07) is 5.43. The van der Waals surface area contributed by atoms with Crippen LogP contribution in [0.1, 0.15) is 30.6 Å². The van der Waals surface area contributed by atoms with E-state index >= 15 is 0 Å². The molecule has 0 aliphatic rings. The van der Waals surface area contributed by atoms with E-state index in [0.29, 0.717) is 16.5 Å². The summed E-state index contributed by atoms with van der Waals surface area (Å²) >= 11 is 8.17. The molecule has 17 heavy (non-hydrogen) atoms. The maximum atomic E-state index is 12.1. The van der Waals surface area contributed by atoms with Gasteiger partial charge in [-0.15, -0.1) is 0 Å². The maximum Gasteiger partial charge on any atom is 0.253 e. The van der Waals surface area contributed by atoms with E-state index in [4.69, 9.17) is 11.6 Å². The molecule has 0 saturated carbocycles. The van der Waals surface area contributed by atoms with Crippen molar-refractivity contribution in [3.63, 3.8) is 0 Å². The number of benzene rings is 1. The van der Waals surface area contributed by atoms with E-state index in [2.05, 4.69) is 36.4 Å². The molecule has 94 valence electrons. The van der Waals surface area contributed by atoms with Crippen molar-refractivity contribution in [3.8, 4) is 0 Å². The van der Waals surface area contributed by atoms with Crippen LogP contribution in [0.2, 0.25) is 5.02 Å². The van der Waals surface area contributed by atoms with Crippen LogP contribution in [0.5, 0.6) is 0 Å². The molecule has 0 aliphatic heterocycles. The highest BCUT2D eigenvalue weighted by Gasteiger charge is 2.14. The van der Waals surface area contributed by atoms with Crippen LogP contribution in [0.15, 0.2) is 18.2 Å². The van der Waals surface area contributed by atoms with Crippen LogP contribution in [-0.4, -0.2) is 24.4 Å². The fraction of sp³-hybridized carbons (Fsp3) is 0.462. The third kappa shape index (κ3) is 4.14. The minimum absolute atomic E-state index is 0.0311. The van der Waals surface area contributed by atoms with E-state index in [1.807, 2.05) is 19.2 Å². The van der Waals surface area contributed by atoms with Crippen molar-refractivity contribution >= 4 is 40.1 Å². The molecule has 0 heterocycles. The van der Waals surface area contributed by atoms with Gasteiger partial charge in [-0.3, -0.25) is 4.79 Å². The summed E-state index contributed by atoms with van der Waals surface area (Å²) in [5, 5.41) is 0.633. The molecule has 0 spiro atoms. The van der Waals surface area contributed by atoms with Gasteiger partial charge in [-0.25, -0.2) is 0 Å². The van der Waals surface area contributed by atoms with Crippen molar-refractivity contribution in [2.45, 2.75) is 20.3 Å². The van der Waals surface area contributed by atoms with E-state index < -0.39 is 0 Å². The molecule has 1 unspecified atom stereocenters. The summed E-state index contributed by atoms with van der Waals surface area (Å²) in [7, 11) is 1.83. The molecule has 1 atom stereocenters. The quantitative estimate of drug-likeness (QED) is 0.737. The van der Waals surface area contributed by atoms with Crippen molar-refractivity contribution in [1.29, 1.82) is 0 Å². The molecule has 0 fully saturated rings. The van der Waals surface area contributed by atoms with E-state index in [1.54, 1.807) is 11.0 Å². The summed E-state index contributed by atoms with van der Waals surface area (Å²) < 4.78 is 0.963. The van der Waals surface area contributed by atoms with Crippen molar-refractivity contribution in [3.05, 3.63) is 32.4 Å². The molecule has 0 aliphatic carbocycles. The fourth-order valence-corrected chi connectivity index (χ4v) is 2.05. The highest BCUT2D eigenvalue weighted by molar-refractivity contribution is 14.1. The van der Waals surface area contributed by atoms with Crippen LogP contribution in [0.4, 0.5) is 0 Å². The van der Waals surface area contributed by atoms with Gasteiger partial charge in [0, 0.05) is 22.7 Å². The lowest BCUT2D eigenvalue weighted by atomic mass is 10.1. The van der Waals surface area contributed by atoms with Gasteiger partial charge in [-0.2, -0.15) is 0 Å². The smallest absolute Gasteiger partial charge is 0.253 e. The van der Waals surface area contributed by atoms with E-state index in [-0.39, 0.29) is 5.91 Å². The number of carbonyl (C=O) groups excluding carboxylic acids is 1. The first-order chi connectivity index (χ1) is 7.95. The first kappa shape index (κ1) is 14.8. The predicted octanol–water partition coefficient (Wildman–Crippen LogP) is 4.06. The highest BCUT2D eigenvalue weighted by Crippen LogP contribution is 2.20. The lowest BCUT2D eigenvalue weighted by molar-refractivity contribution is 0.0775. The van der Waals surface area contributed by atoms with E-state index in [9.17, 15) is 4.79 Å². The highest BCUT2D eigenvalue weighted by atomic mass is 127. The Kier molecular flexibility index (Phi) is 5.73. The maximum absolute atomic E-state index is 12.1. The Balaban J connectivity index is 2.78. The molecule has 1 amide bonds. The zero-order chi connectivity index (χ0) is 13.0. The van der Waals surface area contributed by atoms with E-state index in [1.165, 1.54) is 0 Å². The average Bonchev–Trinajstić information content (AvgIpc) is 2.31. The van der Waals surface area contributed by atoms with Gasteiger partial charge in [0.1, 0.15) is 0 Å². The molecule has 0 aromatic heterocycles. The third-order valence-corrected chi connectivity index (χ3v) is 4.37. The second-order valence-electron chi connectivity index (χ2n) is 4.33. The van der Waals surface area contributed by atoms with Gasteiger partial charge in [0.25, 0.3) is 5.91 Å². The molecule has 1 aromatic rings. The van der Waals surface area contributed by atoms with Crippen LogP contribution in [0.25, 0.3) is 0 Å². The number of halogens is 2. The van der Waals surface area contributed by atoms with Gasteiger partial charge in [0.05, 0.1) is 5.02 Å². The van der Waals surface area contributed by atoms with Crippen LogP contribution in [-0.2, 0) is 0 Å². The van der Waals surface area contributed by atoms with Crippen LogP contribution in [0, 0.1) is 9.49 Å². The van der Waals surface area contributed by atoms with Gasteiger partial charge in [-0.05, 0) is 46.7 Å². The number of amides is 1. The first-order valence-electron chi connectivity index (χ1n) is 5.66. The number of nitrogens with zero attached hydrogens (tertiary/aromatic N) is 1. The summed E-state index contributed by atoms with van der Waals surface area (Å²) in [6.07, 6.45) is 1.07. The summed E-state index contributed by atoms with van der Waals surface area (Å²) in [4.78, 5) is 13.9. The predicted molar refractivity (Wildman–Crippen MR) is 80.6 cm³/mol. The number of carbonyl (C=O) groups is 1. The Hall–Kier alpha value is -0.290. The van der Waals surface area contributed by atoms with Crippen LogP contribution in [0.3, 0.4) is 0 Å². The standard InChI is InChI=1S/C13H17ClINO/c1-4-9(2)8-16(3)13(17)10-5-6-12(15)11(14)7-10/h5-7,9H,4,8H2,1-3H3. The zero-order valence-electron chi connectivity index (χ0n) is 10.3. The lowest BCUT2D eigenvalue weighted by Gasteiger charge is -2.21. The van der Waals surface area contributed by atoms with Gasteiger partial charge < -0.3 is 4.90 Å². The van der Waals surface area contributed by atoms with Crippen molar-refractivity contribution < 1.29 is 4.79 Å². The molecule has 1 aromatic carbocycles. The van der Waals surface area contributed by atoms with Crippen molar-refractivity contribution in [1.82, 2.24) is 4.90 Å². The summed E-state index contributed by atoms with van der Waals surface area (Å²) in [5.41, 5.74) is 0.654. The molecule has 0 radical (unpaired) electrons. The normalized spacial score (nSPS) is 12.3. The number of hydrogen-bond donors (Lipinski definition) is 0. The Bertz CT molecular complexity index is 408. The largest absolute Gasteiger partial charge is 0.341 e. The number of hydrogen-bond acceptors (Lipinski definition) is 1. The van der Waals surface area contributed by atoms with Gasteiger partial charge in [0.15, 0.2) is 0 Å². The third-order valence-electron chi connectivity index (χ3n) is 2.80. The Morgan fingerprint density at radius 2 is 2.18 bits per heavy atom. The van der Waals surface area contributed by atoms with Crippen LogP contribution < -0.4 is 0 Å². The molecule has 0 bridgehead atoms. The van der Waals surface area contributed by atoms with E-state index in [0.717, 1.165) is 16.5 Å². The van der Waals surface area contributed by atoms with Gasteiger partial charge >= 0.3 is 0 Å². The molecule has 1 rings (SSSR count). The molecule has 4 heteroatoms. The summed E-state index contributed by atoms with van der Waals surface area (Å²) in [6.45, 7) is 5.05. The fourth-order valence-electron chi connectivity index (χ4n) is 1.53. The monoisotopic (exact) mass is 365 g/mol. The Morgan fingerprint density at radius 1 is 1.53 bits per heavy atom.